The van der Waals surface area contributed by atoms with Gasteiger partial charge in [-0.05, 0) is 24.5 Å². The van der Waals surface area contributed by atoms with Gasteiger partial charge >= 0.3 is 0 Å². The average molecular weight is 410 g/mol. The molecule has 0 aromatic heterocycles. The lowest BCUT2D eigenvalue weighted by Crippen LogP contribution is -2.46. The lowest BCUT2D eigenvalue weighted by molar-refractivity contribution is -0.132. The highest BCUT2D eigenvalue weighted by Gasteiger charge is 2.39. The summed E-state index contributed by atoms with van der Waals surface area (Å²) in [5.41, 5.74) is 1.98. The molecule has 3 amide bonds. The Morgan fingerprint density at radius 2 is 1.93 bits per heavy atom. The summed E-state index contributed by atoms with van der Waals surface area (Å²) in [4.78, 5) is 49.0. The Morgan fingerprint density at radius 1 is 1.17 bits per heavy atom. The molecule has 4 rings (SSSR count). The fourth-order valence-electron chi connectivity index (χ4n) is 3.76. The Labute approximate surface area is 171 Å². The SMILES string of the molecule is O=Cc1ccc(COc2cc(F)cc3c2CN(C2CCCC(=O)NC2=O)C3=O)cc1. The summed E-state index contributed by atoms with van der Waals surface area (Å²) in [6, 6.07) is 8.33. The van der Waals surface area contributed by atoms with E-state index in [-0.39, 0.29) is 36.8 Å². The van der Waals surface area contributed by atoms with Crippen LogP contribution < -0.4 is 10.1 Å². The monoisotopic (exact) mass is 410 g/mol. The highest BCUT2D eigenvalue weighted by atomic mass is 19.1. The van der Waals surface area contributed by atoms with Crippen LogP contribution in [0.4, 0.5) is 4.39 Å². The van der Waals surface area contributed by atoms with Crippen molar-refractivity contribution in [1.29, 1.82) is 0 Å². The van der Waals surface area contributed by atoms with Crippen LogP contribution in [0.25, 0.3) is 0 Å². The van der Waals surface area contributed by atoms with Gasteiger partial charge in [0, 0.05) is 23.6 Å². The van der Waals surface area contributed by atoms with Gasteiger partial charge in [-0.2, -0.15) is 0 Å². The van der Waals surface area contributed by atoms with Crippen molar-refractivity contribution in [2.24, 2.45) is 0 Å². The molecule has 2 heterocycles. The van der Waals surface area contributed by atoms with Gasteiger partial charge in [0.1, 0.15) is 30.5 Å². The van der Waals surface area contributed by atoms with Crippen molar-refractivity contribution in [3.8, 4) is 5.75 Å². The summed E-state index contributed by atoms with van der Waals surface area (Å²) < 4.78 is 19.9. The number of halogens is 1. The molecule has 2 aromatic rings. The lowest BCUT2D eigenvalue weighted by Gasteiger charge is -2.24. The van der Waals surface area contributed by atoms with E-state index in [0.29, 0.717) is 24.0 Å². The molecule has 1 unspecified atom stereocenters. The van der Waals surface area contributed by atoms with E-state index in [1.165, 1.54) is 11.0 Å². The first-order valence-corrected chi connectivity index (χ1v) is 9.60. The molecule has 1 atom stereocenters. The predicted octanol–water partition coefficient (Wildman–Crippen LogP) is 2.37. The van der Waals surface area contributed by atoms with Crippen molar-refractivity contribution in [2.45, 2.75) is 38.5 Å². The van der Waals surface area contributed by atoms with Gasteiger partial charge in [-0.1, -0.05) is 24.3 Å². The summed E-state index contributed by atoms with van der Waals surface area (Å²) in [5, 5.41) is 2.30. The van der Waals surface area contributed by atoms with Gasteiger partial charge in [-0.15, -0.1) is 0 Å². The molecular weight excluding hydrogens is 391 g/mol. The van der Waals surface area contributed by atoms with Crippen molar-refractivity contribution in [3.63, 3.8) is 0 Å². The zero-order valence-corrected chi connectivity index (χ0v) is 16.0. The number of amides is 3. The number of hydrogen-bond donors (Lipinski definition) is 1. The third-order valence-corrected chi connectivity index (χ3v) is 5.33. The van der Waals surface area contributed by atoms with Crippen molar-refractivity contribution in [1.82, 2.24) is 10.2 Å². The molecule has 0 radical (unpaired) electrons. The van der Waals surface area contributed by atoms with Crippen molar-refractivity contribution < 1.29 is 28.3 Å². The molecule has 2 aliphatic rings. The molecule has 154 valence electrons. The van der Waals surface area contributed by atoms with Crippen LogP contribution in [0.15, 0.2) is 36.4 Å². The summed E-state index contributed by atoms with van der Waals surface area (Å²) in [5.74, 6) is -1.72. The molecule has 8 heteroatoms. The van der Waals surface area contributed by atoms with Gasteiger partial charge in [-0.3, -0.25) is 24.5 Å². The minimum absolute atomic E-state index is 0.0974. The summed E-state index contributed by atoms with van der Waals surface area (Å²) in [6.45, 7) is 0.224. The quantitative estimate of drug-likeness (QED) is 0.604. The van der Waals surface area contributed by atoms with Crippen molar-refractivity contribution in [2.75, 3.05) is 0 Å². The first kappa shape index (κ1) is 19.8. The van der Waals surface area contributed by atoms with Gasteiger partial charge in [-0.25, -0.2) is 4.39 Å². The zero-order chi connectivity index (χ0) is 21.3. The second-order valence-electron chi connectivity index (χ2n) is 7.33. The number of carbonyl (C=O) groups is 4. The van der Waals surface area contributed by atoms with Crippen LogP contribution >= 0.6 is 0 Å². The largest absolute Gasteiger partial charge is 0.488 e. The molecule has 30 heavy (non-hydrogen) atoms. The normalized spacial score (nSPS) is 18.6. The summed E-state index contributed by atoms with van der Waals surface area (Å²) >= 11 is 0. The maximum Gasteiger partial charge on any atom is 0.255 e. The van der Waals surface area contributed by atoms with E-state index in [1.807, 2.05) is 0 Å². The van der Waals surface area contributed by atoms with Crippen LogP contribution in [0.3, 0.4) is 0 Å². The topological polar surface area (TPSA) is 92.8 Å². The zero-order valence-electron chi connectivity index (χ0n) is 16.0. The average Bonchev–Trinajstić information content (AvgIpc) is 2.95. The Morgan fingerprint density at radius 3 is 2.67 bits per heavy atom. The van der Waals surface area contributed by atoms with E-state index in [0.717, 1.165) is 17.9 Å². The number of aldehydes is 1. The number of imide groups is 1. The van der Waals surface area contributed by atoms with E-state index in [1.54, 1.807) is 24.3 Å². The number of benzene rings is 2. The van der Waals surface area contributed by atoms with E-state index < -0.39 is 23.7 Å². The van der Waals surface area contributed by atoms with E-state index in [9.17, 15) is 23.6 Å². The number of rotatable bonds is 5. The van der Waals surface area contributed by atoms with Gasteiger partial charge in [0.25, 0.3) is 5.91 Å². The smallest absolute Gasteiger partial charge is 0.255 e. The number of hydrogen-bond acceptors (Lipinski definition) is 5. The lowest BCUT2D eigenvalue weighted by atomic mass is 10.1. The first-order chi connectivity index (χ1) is 14.5. The highest BCUT2D eigenvalue weighted by molar-refractivity contribution is 6.04. The van der Waals surface area contributed by atoms with Crippen LogP contribution in [-0.2, 0) is 22.7 Å². The third kappa shape index (κ3) is 3.80. The molecule has 1 saturated heterocycles. The number of nitrogens with zero attached hydrogens (tertiary/aromatic N) is 1. The van der Waals surface area contributed by atoms with Crippen LogP contribution in [0.2, 0.25) is 0 Å². The minimum atomic E-state index is -0.789. The van der Waals surface area contributed by atoms with Crippen LogP contribution in [-0.4, -0.2) is 34.9 Å². The number of fused-ring (bicyclic) bond motifs is 1. The van der Waals surface area contributed by atoms with Crippen LogP contribution in [0, 0.1) is 5.82 Å². The fraction of sp³-hybridized carbons (Fsp3) is 0.273. The van der Waals surface area contributed by atoms with Crippen LogP contribution in [0.1, 0.15) is 51.1 Å². The molecule has 0 spiro atoms. The molecule has 0 bridgehead atoms. The molecule has 7 nitrogen and oxygen atoms in total. The Hall–Kier alpha value is -3.55. The number of nitrogens with one attached hydrogen (secondary N) is 1. The highest BCUT2D eigenvalue weighted by Crippen LogP contribution is 2.35. The summed E-state index contributed by atoms with van der Waals surface area (Å²) in [7, 11) is 0. The van der Waals surface area contributed by atoms with Crippen molar-refractivity contribution in [3.05, 3.63) is 64.5 Å². The molecule has 0 aliphatic carbocycles. The minimum Gasteiger partial charge on any atom is -0.488 e. The van der Waals surface area contributed by atoms with E-state index in [2.05, 4.69) is 5.32 Å². The Kier molecular flexibility index (Phi) is 5.31. The van der Waals surface area contributed by atoms with E-state index in [4.69, 9.17) is 4.74 Å². The Bertz CT molecular complexity index is 1030. The predicted molar refractivity (Wildman–Crippen MR) is 103 cm³/mol. The maximum absolute atomic E-state index is 14.2. The van der Waals surface area contributed by atoms with Gasteiger partial charge in [0.2, 0.25) is 11.8 Å². The number of ether oxygens (including phenoxy) is 1. The molecule has 1 N–H and O–H groups in total. The first-order valence-electron chi connectivity index (χ1n) is 9.60. The third-order valence-electron chi connectivity index (χ3n) is 5.33. The van der Waals surface area contributed by atoms with Crippen LogP contribution in [0.5, 0.6) is 5.75 Å². The summed E-state index contributed by atoms with van der Waals surface area (Å²) in [6.07, 6.45) is 1.81. The van der Waals surface area contributed by atoms with Gasteiger partial charge in [0.05, 0.1) is 12.1 Å². The maximum atomic E-state index is 14.2. The number of carbonyl (C=O) groups excluding carboxylic acids is 4. The van der Waals surface area contributed by atoms with Gasteiger partial charge < -0.3 is 9.64 Å². The molecule has 2 aromatic carbocycles. The molecular formula is C22H19FN2O5. The molecule has 2 aliphatic heterocycles. The van der Waals surface area contributed by atoms with E-state index >= 15 is 0 Å². The standard InChI is InChI=1S/C22H19FN2O5/c23-15-8-16-17(19(9-15)30-12-14-6-4-13(11-26)5-7-14)10-25(22(16)29)18-2-1-3-20(27)24-21(18)28/h4-9,11,18H,1-3,10,12H2,(H,24,27,28). The van der Waals surface area contributed by atoms with Gasteiger partial charge in [0.15, 0.2) is 0 Å². The van der Waals surface area contributed by atoms with Crippen molar-refractivity contribution >= 4 is 24.0 Å². The molecule has 0 saturated carbocycles. The fourth-order valence-corrected chi connectivity index (χ4v) is 3.76. The second-order valence-corrected chi connectivity index (χ2v) is 7.33. The Balaban J connectivity index is 1.56. The molecule has 1 fully saturated rings. The second kappa shape index (κ2) is 8.06.